The van der Waals surface area contributed by atoms with E-state index in [4.69, 9.17) is 16.9 Å². The number of benzene rings is 1. The molecule has 72 valence electrons. The van der Waals surface area contributed by atoms with Crippen LogP contribution in [-0.2, 0) is 0 Å². The second-order valence-electron chi connectivity index (χ2n) is 2.31. The number of nitrogens with one attached hydrogen (secondary N) is 1. The fraction of sp³-hybridized carbons (Fsp3) is 0. The van der Waals surface area contributed by atoms with Gasteiger partial charge in [0.2, 0.25) is 0 Å². The summed E-state index contributed by atoms with van der Waals surface area (Å²) in [4.78, 5) is 10.9. The third kappa shape index (κ3) is 1.98. The Bertz CT molecular complexity index is 428. The van der Waals surface area contributed by atoms with E-state index in [0.717, 1.165) is 0 Å². The molecule has 0 aliphatic carbocycles. The standard InChI is InChI=1S/C8H3ClF2N2O/c9-5-2-6(10)4(1-7(5)11)8(14)13-3-12/h1-2H,(H,13,14). The zero-order valence-electron chi connectivity index (χ0n) is 6.64. The molecule has 0 bridgehead atoms. The van der Waals surface area contributed by atoms with Gasteiger partial charge in [0, 0.05) is 0 Å². The Balaban J connectivity index is 3.17. The molecule has 14 heavy (non-hydrogen) atoms. The van der Waals surface area contributed by atoms with Gasteiger partial charge in [0.1, 0.15) is 11.6 Å². The normalized spacial score (nSPS) is 9.29. The lowest BCUT2D eigenvalue weighted by atomic mass is 10.2. The summed E-state index contributed by atoms with van der Waals surface area (Å²) in [6.07, 6.45) is 1.31. The van der Waals surface area contributed by atoms with Gasteiger partial charge in [0.05, 0.1) is 10.6 Å². The summed E-state index contributed by atoms with van der Waals surface area (Å²) >= 11 is 5.26. The Morgan fingerprint density at radius 2 is 2.07 bits per heavy atom. The molecule has 0 unspecified atom stereocenters. The highest BCUT2D eigenvalue weighted by Gasteiger charge is 2.14. The number of carbonyl (C=O) groups is 1. The van der Waals surface area contributed by atoms with Crippen molar-refractivity contribution in [2.45, 2.75) is 0 Å². The van der Waals surface area contributed by atoms with Crippen LogP contribution in [0.5, 0.6) is 0 Å². The first-order valence-electron chi connectivity index (χ1n) is 3.40. The molecule has 1 N–H and O–H groups in total. The van der Waals surface area contributed by atoms with E-state index in [1.54, 1.807) is 5.32 Å². The molecule has 6 heteroatoms. The fourth-order valence-corrected chi connectivity index (χ4v) is 0.965. The van der Waals surface area contributed by atoms with Gasteiger partial charge in [-0.3, -0.25) is 10.1 Å². The van der Waals surface area contributed by atoms with Crippen molar-refractivity contribution in [3.05, 3.63) is 34.4 Å². The fourth-order valence-electron chi connectivity index (χ4n) is 0.815. The van der Waals surface area contributed by atoms with Crippen molar-refractivity contribution in [1.82, 2.24) is 5.32 Å². The number of carbonyl (C=O) groups excluding carboxylic acids is 1. The minimum Gasteiger partial charge on any atom is -0.268 e. The van der Waals surface area contributed by atoms with E-state index >= 15 is 0 Å². The molecule has 1 rings (SSSR count). The molecule has 0 aliphatic rings. The second kappa shape index (κ2) is 4.03. The van der Waals surface area contributed by atoms with Crippen molar-refractivity contribution in [3.63, 3.8) is 0 Å². The Labute approximate surface area is 82.9 Å². The summed E-state index contributed by atoms with van der Waals surface area (Å²) in [6.45, 7) is 0. The summed E-state index contributed by atoms with van der Waals surface area (Å²) in [6, 6.07) is 1.30. The molecule has 0 atom stereocenters. The number of hydrogen-bond acceptors (Lipinski definition) is 2. The number of halogens is 3. The molecular weight excluding hydrogens is 214 g/mol. The van der Waals surface area contributed by atoms with Crippen LogP contribution in [0.25, 0.3) is 0 Å². The molecule has 0 aliphatic heterocycles. The van der Waals surface area contributed by atoms with Crippen molar-refractivity contribution in [2.24, 2.45) is 0 Å². The van der Waals surface area contributed by atoms with E-state index < -0.39 is 28.1 Å². The summed E-state index contributed by atoms with van der Waals surface area (Å²) < 4.78 is 25.8. The molecule has 0 radical (unpaired) electrons. The number of nitrogens with zero attached hydrogens (tertiary/aromatic N) is 1. The molecule has 1 aromatic carbocycles. The lowest BCUT2D eigenvalue weighted by Crippen LogP contribution is -2.19. The molecule has 1 amide bonds. The molecule has 0 spiro atoms. The quantitative estimate of drug-likeness (QED) is 0.442. The van der Waals surface area contributed by atoms with Gasteiger partial charge in [0.25, 0.3) is 5.91 Å². The Morgan fingerprint density at radius 3 is 2.64 bits per heavy atom. The van der Waals surface area contributed by atoms with Crippen LogP contribution in [0.3, 0.4) is 0 Å². The largest absolute Gasteiger partial charge is 0.268 e. The summed E-state index contributed by atoms with van der Waals surface area (Å²) in [5, 5.41) is 9.33. The van der Waals surface area contributed by atoms with E-state index in [9.17, 15) is 13.6 Å². The van der Waals surface area contributed by atoms with Crippen LogP contribution in [-0.4, -0.2) is 5.91 Å². The van der Waals surface area contributed by atoms with E-state index in [1.807, 2.05) is 0 Å². The highest BCUT2D eigenvalue weighted by molar-refractivity contribution is 6.30. The minimum atomic E-state index is -1.01. The maximum atomic E-state index is 13.0. The third-order valence-electron chi connectivity index (χ3n) is 1.42. The van der Waals surface area contributed by atoms with Crippen LogP contribution in [0, 0.1) is 23.1 Å². The highest BCUT2D eigenvalue weighted by atomic mass is 35.5. The first-order valence-corrected chi connectivity index (χ1v) is 3.78. The Hall–Kier alpha value is -1.67. The van der Waals surface area contributed by atoms with Gasteiger partial charge in [-0.25, -0.2) is 8.78 Å². The summed E-state index contributed by atoms with van der Waals surface area (Å²) in [7, 11) is 0. The predicted octanol–water partition coefficient (Wildman–Crippen LogP) is 1.83. The number of nitriles is 1. The SMILES string of the molecule is N#CNC(=O)c1cc(F)c(Cl)cc1F. The van der Waals surface area contributed by atoms with Crippen molar-refractivity contribution in [2.75, 3.05) is 0 Å². The maximum Gasteiger partial charge on any atom is 0.267 e. The molecule has 0 fully saturated rings. The Kier molecular flexibility index (Phi) is 2.99. The van der Waals surface area contributed by atoms with Gasteiger partial charge in [-0.1, -0.05) is 11.6 Å². The Morgan fingerprint density at radius 1 is 1.43 bits per heavy atom. The van der Waals surface area contributed by atoms with Gasteiger partial charge in [-0.2, -0.15) is 5.26 Å². The number of hydrogen-bond donors (Lipinski definition) is 1. The van der Waals surface area contributed by atoms with Gasteiger partial charge >= 0.3 is 0 Å². The molecule has 0 aromatic heterocycles. The molecule has 3 nitrogen and oxygen atoms in total. The van der Waals surface area contributed by atoms with E-state index in [0.29, 0.717) is 12.1 Å². The topological polar surface area (TPSA) is 52.9 Å². The highest BCUT2D eigenvalue weighted by Crippen LogP contribution is 2.18. The first kappa shape index (κ1) is 10.4. The van der Waals surface area contributed by atoms with Crippen molar-refractivity contribution < 1.29 is 13.6 Å². The van der Waals surface area contributed by atoms with Crippen LogP contribution in [0.15, 0.2) is 12.1 Å². The van der Waals surface area contributed by atoms with E-state index in [-0.39, 0.29) is 0 Å². The van der Waals surface area contributed by atoms with E-state index in [2.05, 4.69) is 0 Å². The first-order chi connectivity index (χ1) is 6.56. The van der Waals surface area contributed by atoms with Crippen molar-refractivity contribution >= 4 is 17.5 Å². The van der Waals surface area contributed by atoms with Gasteiger partial charge in [-0.05, 0) is 12.1 Å². The molecule has 0 heterocycles. The monoisotopic (exact) mass is 216 g/mol. The van der Waals surface area contributed by atoms with Crippen LogP contribution < -0.4 is 5.32 Å². The zero-order chi connectivity index (χ0) is 10.7. The number of rotatable bonds is 1. The van der Waals surface area contributed by atoms with Gasteiger partial charge in [-0.15, -0.1) is 0 Å². The third-order valence-corrected chi connectivity index (χ3v) is 1.71. The summed E-state index contributed by atoms with van der Waals surface area (Å²) in [5.74, 6) is -2.92. The number of amides is 1. The zero-order valence-corrected chi connectivity index (χ0v) is 7.40. The van der Waals surface area contributed by atoms with Gasteiger partial charge < -0.3 is 0 Å². The second-order valence-corrected chi connectivity index (χ2v) is 2.72. The van der Waals surface area contributed by atoms with E-state index in [1.165, 1.54) is 6.19 Å². The predicted molar refractivity (Wildman–Crippen MR) is 44.4 cm³/mol. The molecule has 0 saturated carbocycles. The smallest absolute Gasteiger partial charge is 0.267 e. The van der Waals surface area contributed by atoms with Gasteiger partial charge in [0.15, 0.2) is 6.19 Å². The molecule has 1 aromatic rings. The summed E-state index contributed by atoms with van der Waals surface area (Å²) in [5.41, 5.74) is -0.562. The lowest BCUT2D eigenvalue weighted by Gasteiger charge is -2.01. The lowest BCUT2D eigenvalue weighted by molar-refractivity contribution is 0.0968. The van der Waals surface area contributed by atoms with Crippen molar-refractivity contribution in [3.8, 4) is 6.19 Å². The van der Waals surface area contributed by atoms with Crippen LogP contribution >= 0.6 is 11.6 Å². The van der Waals surface area contributed by atoms with Crippen LogP contribution in [0.1, 0.15) is 10.4 Å². The average molecular weight is 217 g/mol. The maximum absolute atomic E-state index is 13.0. The van der Waals surface area contributed by atoms with Crippen LogP contribution in [0.4, 0.5) is 8.78 Å². The minimum absolute atomic E-state index is 0.420. The average Bonchev–Trinajstić information content (AvgIpc) is 2.11. The van der Waals surface area contributed by atoms with Crippen molar-refractivity contribution in [1.29, 1.82) is 5.26 Å². The van der Waals surface area contributed by atoms with Crippen LogP contribution in [0.2, 0.25) is 5.02 Å². The molecule has 0 saturated heterocycles. The molecular formula is C8H3ClF2N2O.